The number of benzene rings is 1. The van der Waals surface area contributed by atoms with Crippen molar-refractivity contribution in [2.75, 3.05) is 31.6 Å². The number of piperazine rings is 1. The zero-order valence-corrected chi connectivity index (χ0v) is 17.7. The number of amides is 1. The van der Waals surface area contributed by atoms with Gasteiger partial charge in [0, 0.05) is 37.9 Å². The van der Waals surface area contributed by atoms with E-state index in [1.807, 2.05) is 34.7 Å². The van der Waals surface area contributed by atoms with Gasteiger partial charge in [0.1, 0.15) is 11.4 Å². The molecular weight excluding hydrogens is 352 g/mol. The Morgan fingerprint density at radius 1 is 1.25 bits per heavy atom. The molecule has 1 amide bonds. The summed E-state index contributed by atoms with van der Waals surface area (Å²) in [4.78, 5) is 17.6. The predicted molar refractivity (Wildman–Crippen MR) is 112 cm³/mol. The van der Waals surface area contributed by atoms with Crippen molar-refractivity contribution in [2.45, 2.75) is 46.7 Å². The van der Waals surface area contributed by atoms with Crippen LogP contribution in [0.25, 0.3) is 0 Å². The summed E-state index contributed by atoms with van der Waals surface area (Å²) in [6, 6.07) is 10.2. The van der Waals surface area contributed by atoms with Gasteiger partial charge in [0.15, 0.2) is 0 Å². The number of anilines is 1. The van der Waals surface area contributed by atoms with Crippen LogP contribution in [0, 0.1) is 5.92 Å². The van der Waals surface area contributed by atoms with E-state index in [0.29, 0.717) is 24.7 Å². The topological polar surface area (TPSA) is 50.6 Å². The number of methoxy groups -OCH3 is 1. The Morgan fingerprint density at radius 2 is 1.96 bits per heavy atom. The minimum Gasteiger partial charge on any atom is -0.497 e. The van der Waals surface area contributed by atoms with E-state index in [0.717, 1.165) is 36.6 Å². The summed E-state index contributed by atoms with van der Waals surface area (Å²) >= 11 is 0. The number of hydrogen-bond donors (Lipinski definition) is 0. The Bertz CT molecular complexity index is 797. The number of rotatable bonds is 6. The summed E-state index contributed by atoms with van der Waals surface area (Å²) in [6.07, 6.45) is 0.897. The molecule has 1 fully saturated rings. The van der Waals surface area contributed by atoms with E-state index >= 15 is 0 Å². The molecule has 0 spiro atoms. The van der Waals surface area contributed by atoms with Gasteiger partial charge in [-0.15, -0.1) is 0 Å². The molecule has 1 aromatic carbocycles. The number of carbonyl (C=O) groups is 1. The van der Waals surface area contributed by atoms with Crippen LogP contribution in [0.15, 0.2) is 30.3 Å². The molecule has 0 saturated carbocycles. The van der Waals surface area contributed by atoms with Gasteiger partial charge in [-0.3, -0.25) is 9.48 Å². The molecule has 6 heteroatoms. The summed E-state index contributed by atoms with van der Waals surface area (Å²) < 4.78 is 7.09. The van der Waals surface area contributed by atoms with Gasteiger partial charge in [-0.25, -0.2) is 0 Å². The smallest absolute Gasteiger partial charge is 0.272 e. The quantitative estimate of drug-likeness (QED) is 0.765. The molecule has 152 valence electrons. The summed E-state index contributed by atoms with van der Waals surface area (Å²) in [5.41, 5.74) is 2.88. The Kier molecular flexibility index (Phi) is 6.27. The van der Waals surface area contributed by atoms with E-state index in [9.17, 15) is 4.79 Å². The maximum absolute atomic E-state index is 13.2. The third-order valence-electron chi connectivity index (χ3n) is 5.29. The largest absolute Gasteiger partial charge is 0.497 e. The maximum atomic E-state index is 13.2. The lowest BCUT2D eigenvalue weighted by atomic mass is 10.1. The van der Waals surface area contributed by atoms with Crippen LogP contribution in [0.2, 0.25) is 0 Å². The average molecular weight is 385 g/mol. The summed E-state index contributed by atoms with van der Waals surface area (Å²) in [5, 5.41) is 4.64. The molecule has 28 heavy (non-hydrogen) atoms. The highest BCUT2D eigenvalue weighted by atomic mass is 16.5. The molecule has 0 unspecified atom stereocenters. The van der Waals surface area contributed by atoms with Crippen molar-refractivity contribution in [1.29, 1.82) is 0 Å². The van der Waals surface area contributed by atoms with Gasteiger partial charge < -0.3 is 14.5 Å². The lowest BCUT2D eigenvalue weighted by Crippen LogP contribution is -2.54. The SMILES string of the molecule is CCn1nc(CC(C)C)cc1C(=O)N1CCN(c2ccc(OC)cc2)C[C@H]1C. The molecule has 6 nitrogen and oxygen atoms in total. The second kappa shape index (κ2) is 8.67. The Morgan fingerprint density at radius 3 is 2.54 bits per heavy atom. The monoisotopic (exact) mass is 384 g/mol. The highest BCUT2D eigenvalue weighted by molar-refractivity contribution is 5.93. The van der Waals surface area contributed by atoms with Gasteiger partial charge in [0.25, 0.3) is 5.91 Å². The van der Waals surface area contributed by atoms with Crippen LogP contribution in [-0.2, 0) is 13.0 Å². The van der Waals surface area contributed by atoms with Gasteiger partial charge in [0.2, 0.25) is 0 Å². The molecule has 1 aliphatic rings. The van der Waals surface area contributed by atoms with Gasteiger partial charge in [-0.05, 0) is 56.5 Å². The third kappa shape index (κ3) is 4.32. The van der Waals surface area contributed by atoms with Crippen molar-refractivity contribution in [1.82, 2.24) is 14.7 Å². The molecule has 3 rings (SSSR count). The van der Waals surface area contributed by atoms with Crippen LogP contribution >= 0.6 is 0 Å². The predicted octanol–water partition coefficient (Wildman–Crippen LogP) is 3.46. The number of ether oxygens (including phenoxy) is 1. The van der Waals surface area contributed by atoms with Crippen molar-refractivity contribution < 1.29 is 9.53 Å². The second-order valence-corrected chi connectivity index (χ2v) is 7.93. The molecule has 1 atom stereocenters. The Hall–Kier alpha value is -2.50. The molecule has 0 bridgehead atoms. The third-order valence-corrected chi connectivity index (χ3v) is 5.29. The van der Waals surface area contributed by atoms with E-state index in [1.165, 1.54) is 0 Å². The van der Waals surface area contributed by atoms with E-state index in [1.54, 1.807) is 7.11 Å². The molecule has 2 heterocycles. The van der Waals surface area contributed by atoms with E-state index in [2.05, 4.69) is 42.9 Å². The fourth-order valence-electron chi connectivity index (χ4n) is 3.84. The number of hydrogen-bond acceptors (Lipinski definition) is 4. The molecule has 0 aliphatic carbocycles. The molecule has 1 saturated heterocycles. The first-order valence-corrected chi connectivity index (χ1v) is 10.2. The normalized spacial score (nSPS) is 17.3. The second-order valence-electron chi connectivity index (χ2n) is 7.93. The first kappa shape index (κ1) is 20.2. The van der Waals surface area contributed by atoms with Crippen LogP contribution in [-0.4, -0.2) is 53.4 Å². The van der Waals surface area contributed by atoms with Gasteiger partial charge in [-0.1, -0.05) is 13.8 Å². The lowest BCUT2D eigenvalue weighted by molar-refractivity contribution is 0.0661. The number of nitrogens with zero attached hydrogens (tertiary/aromatic N) is 4. The van der Waals surface area contributed by atoms with Crippen molar-refractivity contribution in [3.05, 3.63) is 41.7 Å². The zero-order valence-electron chi connectivity index (χ0n) is 17.7. The Labute approximate surface area is 168 Å². The van der Waals surface area contributed by atoms with Gasteiger partial charge in [-0.2, -0.15) is 5.10 Å². The fraction of sp³-hybridized carbons (Fsp3) is 0.545. The first-order chi connectivity index (χ1) is 13.4. The molecule has 2 aromatic rings. The van der Waals surface area contributed by atoms with Crippen molar-refractivity contribution in [3.8, 4) is 5.75 Å². The molecule has 1 aromatic heterocycles. The average Bonchev–Trinajstić information content (AvgIpc) is 3.09. The molecule has 0 radical (unpaired) electrons. The first-order valence-electron chi connectivity index (χ1n) is 10.2. The molecule has 1 aliphatic heterocycles. The maximum Gasteiger partial charge on any atom is 0.272 e. The van der Waals surface area contributed by atoms with Gasteiger partial charge in [0.05, 0.1) is 12.8 Å². The van der Waals surface area contributed by atoms with E-state index in [4.69, 9.17) is 4.74 Å². The van der Waals surface area contributed by atoms with Crippen LogP contribution in [0.3, 0.4) is 0 Å². The van der Waals surface area contributed by atoms with E-state index < -0.39 is 0 Å². The highest BCUT2D eigenvalue weighted by Gasteiger charge is 2.30. The zero-order chi connectivity index (χ0) is 20.3. The standard InChI is InChI=1S/C22H32N4O2/c1-6-26-21(14-18(23-26)13-16(2)3)22(27)25-12-11-24(15-17(25)4)19-7-9-20(28-5)10-8-19/h7-10,14,16-17H,6,11-13,15H2,1-5H3/t17-/m1/s1. The minimum absolute atomic E-state index is 0.0891. The summed E-state index contributed by atoms with van der Waals surface area (Å²) in [7, 11) is 1.68. The molecule has 0 N–H and O–H groups in total. The van der Waals surface area contributed by atoms with Crippen LogP contribution in [0.1, 0.15) is 43.9 Å². The van der Waals surface area contributed by atoms with E-state index in [-0.39, 0.29) is 11.9 Å². The van der Waals surface area contributed by atoms with Crippen LogP contribution < -0.4 is 9.64 Å². The highest BCUT2D eigenvalue weighted by Crippen LogP contribution is 2.23. The minimum atomic E-state index is 0.0891. The molecular formula is C22H32N4O2. The van der Waals surface area contributed by atoms with Crippen molar-refractivity contribution >= 4 is 11.6 Å². The van der Waals surface area contributed by atoms with Crippen LogP contribution in [0.5, 0.6) is 5.75 Å². The summed E-state index contributed by atoms with van der Waals surface area (Å²) in [5.74, 6) is 1.47. The lowest BCUT2D eigenvalue weighted by Gasteiger charge is -2.41. The van der Waals surface area contributed by atoms with Crippen molar-refractivity contribution in [2.24, 2.45) is 5.92 Å². The number of aryl methyl sites for hydroxylation is 1. The van der Waals surface area contributed by atoms with Crippen molar-refractivity contribution in [3.63, 3.8) is 0 Å². The van der Waals surface area contributed by atoms with Crippen LogP contribution in [0.4, 0.5) is 5.69 Å². The summed E-state index contributed by atoms with van der Waals surface area (Å²) in [6.45, 7) is 11.6. The Balaban J connectivity index is 1.71. The number of carbonyl (C=O) groups excluding carboxylic acids is 1. The number of aromatic nitrogens is 2. The van der Waals surface area contributed by atoms with Gasteiger partial charge >= 0.3 is 0 Å². The fourth-order valence-corrected chi connectivity index (χ4v) is 3.84.